The van der Waals surface area contributed by atoms with E-state index >= 15 is 0 Å². The molecule has 1 aromatic carbocycles. The first-order chi connectivity index (χ1) is 12.0. The van der Waals surface area contributed by atoms with Gasteiger partial charge in [-0.3, -0.25) is 4.79 Å². The molecule has 3 aromatic rings. The molecule has 6 nitrogen and oxygen atoms in total. The summed E-state index contributed by atoms with van der Waals surface area (Å²) in [5.74, 6) is 1.45. The zero-order valence-electron chi connectivity index (χ0n) is 14.3. The lowest BCUT2D eigenvalue weighted by Gasteiger charge is -2.20. The van der Waals surface area contributed by atoms with Gasteiger partial charge in [0.25, 0.3) is 5.91 Å². The Kier molecular flexibility index (Phi) is 5.14. The molecule has 0 N–H and O–H groups in total. The smallest absolute Gasteiger partial charge is 0.263 e. The zero-order valence-corrected chi connectivity index (χ0v) is 15.1. The van der Waals surface area contributed by atoms with Crippen molar-refractivity contribution >= 4 is 17.2 Å². The highest BCUT2D eigenvalue weighted by atomic mass is 32.1. The standard InChI is InChI=1S/C18H19N3O3S/c1-12-6-4-7-14(10-12)23-13(2)18(22)21(3)11-16-19-17(20-24-16)15-8-5-9-25-15/h4-10,13H,11H2,1-3H3/t13-/m1/s1. The van der Waals surface area contributed by atoms with Crippen molar-refractivity contribution in [3.05, 3.63) is 53.2 Å². The van der Waals surface area contributed by atoms with Crippen LogP contribution in [0.4, 0.5) is 0 Å². The highest BCUT2D eigenvalue weighted by Gasteiger charge is 2.21. The molecular formula is C18H19N3O3S. The molecule has 7 heteroatoms. The molecule has 0 fully saturated rings. The summed E-state index contributed by atoms with van der Waals surface area (Å²) < 4.78 is 11.0. The van der Waals surface area contributed by atoms with Gasteiger partial charge >= 0.3 is 0 Å². The van der Waals surface area contributed by atoms with Crippen LogP contribution in [0.5, 0.6) is 5.75 Å². The zero-order chi connectivity index (χ0) is 17.8. The first-order valence-electron chi connectivity index (χ1n) is 7.87. The summed E-state index contributed by atoms with van der Waals surface area (Å²) in [6.45, 7) is 3.94. The van der Waals surface area contributed by atoms with Gasteiger partial charge in [0.2, 0.25) is 11.7 Å². The number of benzene rings is 1. The lowest BCUT2D eigenvalue weighted by molar-refractivity contribution is -0.137. The molecule has 0 radical (unpaired) electrons. The Hall–Kier alpha value is -2.67. The van der Waals surface area contributed by atoms with Gasteiger partial charge in [-0.1, -0.05) is 23.4 Å². The third-order valence-electron chi connectivity index (χ3n) is 3.61. The van der Waals surface area contributed by atoms with Crippen molar-refractivity contribution in [3.63, 3.8) is 0 Å². The maximum atomic E-state index is 12.5. The summed E-state index contributed by atoms with van der Waals surface area (Å²) in [6, 6.07) is 11.5. The Bertz CT molecular complexity index is 845. The molecule has 0 aliphatic heterocycles. The summed E-state index contributed by atoms with van der Waals surface area (Å²) in [7, 11) is 1.69. The second-order valence-corrected chi connectivity index (χ2v) is 6.71. The van der Waals surface area contributed by atoms with Crippen LogP contribution in [0.3, 0.4) is 0 Å². The van der Waals surface area contributed by atoms with Crippen molar-refractivity contribution in [2.45, 2.75) is 26.5 Å². The summed E-state index contributed by atoms with van der Waals surface area (Å²) >= 11 is 1.54. The Morgan fingerprint density at radius 2 is 2.20 bits per heavy atom. The van der Waals surface area contributed by atoms with E-state index in [9.17, 15) is 4.79 Å². The van der Waals surface area contributed by atoms with Gasteiger partial charge in [0.15, 0.2) is 6.10 Å². The number of thiophene rings is 1. The van der Waals surface area contributed by atoms with Crippen LogP contribution < -0.4 is 4.74 Å². The van der Waals surface area contributed by atoms with E-state index in [2.05, 4.69) is 10.1 Å². The van der Waals surface area contributed by atoms with E-state index in [0.717, 1.165) is 10.4 Å². The van der Waals surface area contributed by atoms with Crippen LogP contribution in [0.1, 0.15) is 18.4 Å². The fraction of sp³-hybridized carbons (Fsp3) is 0.278. The monoisotopic (exact) mass is 357 g/mol. The molecule has 25 heavy (non-hydrogen) atoms. The average Bonchev–Trinajstić information content (AvgIpc) is 3.25. The maximum absolute atomic E-state index is 12.5. The van der Waals surface area contributed by atoms with Crippen molar-refractivity contribution in [3.8, 4) is 16.5 Å². The molecule has 0 aliphatic carbocycles. The molecule has 0 spiro atoms. The van der Waals surface area contributed by atoms with Crippen LogP contribution in [0.15, 0.2) is 46.3 Å². The topological polar surface area (TPSA) is 68.5 Å². The van der Waals surface area contributed by atoms with Crippen molar-refractivity contribution in [1.82, 2.24) is 15.0 Å². The predicted molar refractivity (Wildman–Crippen MR) is 95.4 cm³/mol. The lowest BCUT2D eigenvalue weighted by Crippen LogP contribution is -2.37. The van der Waals surface area contributed by atoms with Gasteiger partial charge < -0.3 is 14.2 Å². The minimum atomic E-state index is -0.605. The number of carbonyl (C=O) groups is 1. The number of aromatic nitrogens is 2. The molecule has 0 bridgehead atoms. The van der Waals surface area contributed by atoms with Gasteiger partial charge in [0, 0.05) is 7.05 Å². The third-order valence-corrected chi connectivity index (χ3v) is 4.47. The van der Waals surface area contributed by atoms with Gasteiger partial charge in [0.1, 0.15) is 5.75 Å². The van der Waals surface area contributed by atoms with Crippen molar-refractivity contribution in [2.24, 2.45) is 0 Å². The van der Waals surface area contributed by atoms with Crippen LogP contribution in [0.2, 0.25) is 0 Å². The van der Waals surface area contributed by atoms with Gasteiger partial charge in [-0.05, 0) is 43.0 Å². The maximum Gasteiger partial charge on any atom is 0.263 e. The molecule has 0 unspecified atom stereocenters. The molecule has 0 saturated carbocycles. The number of likely N-dealkylation sites (N-methyl/N-ethyl adjacent to an activating group) is 1. The van der Waals surface area contributed by atoms with E-state index in [1.54, 1.807) is 14.0 Å². The largest absolute Gasteiger partial charge is 0.481 e. The first kappa shape index (κ1) is 17.2. The highest BCUT2D eigenvalue weighted by Crippen LogP contribution is 2.21. The Labute approximate surface area is 150 Å². The fourth-order valence-electron chi connectivity index (χ4n) is 2.36. The van der Waals surface area contributed by atoms with E-state index in [4.69, 9.17) is 9.26 Å². The normalized spacial score (nSPS) is 12.0. The molecule has 1 atom stereocenters. The molecule has 0 saturated heterocycles. The van der Waals surface area contributed by atoms with E-state index in [1.807, 2.05) is 48.7 Å². The van der Waals surface area contributed by atoms with Gasteiger partial charge in [0.05, 0.1) is 11.4 Å². The van der Waals surface area contributed by atoms with Gasteiger partial charge in [-0.25, -0.2) is 0 Å². The van der Waals surface area contributed by atoms with E-state index in [-0.39, 0.29) is 12.5 Å². The summed E-state index contributed by atoms with van der Waals surface area (Å²) in [5.41, 5.74) is 1.08. The number of aryl methyl sites for hydroxylation is 1. The second kappa shape index (κ2) is 7.48. The Balaban J connectivity index is 1.60. The lowest BCUT2D eigenvalue weighted by atomic mass is 10.2. The Morgan fingerprint density at radius 3 is 2.92 bits per heavy atom. The summed E-state index contributed by atoms with van der Waals surface area (Å²) in [6.07, 6.45) is -0.605. The predicted octanol–water partition coefficient (Wildman–Crippen LogP) is 3.53. The molecule has 1 amide bonds. The minimum Gasteiger partial charge on any atom is -0.481 e. The molecule has 2 aromatic heterocycles. The van der Waals surface area contributed by atoms with Crippen molar-refractivity contribution < 1.29 is 14.1 Å². The average molecular weight is 357 g/mol. The number of rotatable bonds is 6. The van der Waals surface area contributed by atoms with Crippen LogP contribution in [-0.4, -0.2) is 34.1 Å². The van der Waals surface area contributed by atoms with Crippen LogP contribution in [0, 0.1) is 6.92 Å². The summed E-state index contributed by atoms with van der Waals surface area (Å²) in [4.78, 5) is 19.3. The number of hydrogen-bond acceptors (Lipinski definition) is 6. The number of amides is 1. The van der Waals surface area contributed by atoms with Gasteiger partial charge in [-0.2, -0.15) is 4.98 Å². The molecule has 2 heterocycles. The second-order valence-electron chi connectivity index (χ2n) is 5.76. The number of hydrogen-bond donors (Lipinski definition) is 0. The van der Waals surface area contributed by atoms with Crippen molar-refractivity contribution in [2.75, 3.05) is 7.05 Å². The van der Waals surface area contributed by atoms with E-state index in [0.29, 0.717) is 17.5 Å². The first-order valence-corrected chi connectivity index (χ1v) is 8.75. The molecular weight excluding hydrogens is 338 g/mol. The molecule has 130 valence electrons. The van der Waals surface area contributed by atoms with E-state index in [1.165, 1.54) is 16.2 Å². The van der Waals surface area contributed by atoms with E-state index < -0.39 is 6.10 Å². The minimum absolute atomic E-state index is 0.155. The summed E-state index contributed by atoms with van der Waals surface area (Å²) in [5, 5.41) is 5.90. The SMILES string of the molecule is Cc1cccc(O[C@H](C)C(=O)N(C)Cc2nc(-c3cccs3)no2)c1. The van der Waals surface area contributed by atoms with Gasteiger partial charge in [-0.15, -0.1) is 11.3 Å². The van der Waals surface area contributed by atoms with Crippen LogP contribution >= 0.6 is 11.3 Å². The number of nitrogens with zero attached hydrogens (tertiary/aromatic N) is 3. The molecule has 3 rings (SSSR count). The van der Waals surface area contributed by atoms with Crippen LogP contribution in [0.25, 0.3) is 10.7 Å². The molecule has 0 aliphatic rings. The quantitative estimate of drug-likeness (QED) is 0.675. The highest BCUT2D eigenvalue weighted by molar-refractivity contribution is 7.13. The van der Waals surface area contributed by atoms with Crippen molar-refractivity contribution in [1.29, 1.82) is 0 Å². The number of ether oxygens (including phenoxy) is 1. The Morgan fingerprint density at radius 1 is 1.36 bits per heavy atom. The third kappa shape index (κ3) is 4.24. The number of carbonyl (C=O) groups excluding carboxylic acids is 1. The fourth-order valence-corrected chi connectivity index (χ4v) is 3.01. The van der Waals surface area contributed by atoms with Crippen LogP contribution in [-0.2, 0) is 11.3 Å².